The molecule has 2 rings (SSSR count). The van der Waals surface area contributed by atoms with E-state index >= 15 is 0 Å². The van der Waals surface area contributed by atoms with Gasteiger partial charge in [-0.25, -0.2) is 8.42 Å². The van der Waals surface area contributed by atoms with Gasteiger partial charge in [0.05, 0.1) is 5.69 Å². The van der Waals surface area contributed by atoms with Crippen molar-refractivity contribution in [3.05, 3.63) is 53.6 Å². The highest BCUT2D eigenvalue weighted by Gasteiger charge is 2.18. The van der Waals surface area contributed by atoms with Gasteiger partial charge in [-0.3, -0.25) is 4.72 Å². The first-order chi connectivity index (χ1) is 8.90. The number of sulfonamides is 1. The van der Waals surface area contributed by atoms with Crippen molar-refractivity contribution in [1.82, 2.24) is 0 Å². The third-order valence-corrected chi connectivity index (χ3v) is 4.21. The van der Waals surface area contributed by atoms with Gasteiger partial charge in [0, 0.05) is 0 Å². The highest BCUT2D eigenvalue weighted by atomic mass is 32.2. The van der Waals surface area contributed by atoms with E-state index in [0.29, 0.717) is 5.69 Å². The van der Waals surface area contributed by atoms with Crippen LogP contribution in [0.5, 0.6) is 5.75 Å². The van der Waals surface area contributed by atoms with Gasteiger partial charge in [0.15, 0.2) is 0 Å². The smallest absolute Gasteiger partial charge is 0.265 e. The minimum absolute atomic E-state index is 0.129. The lowest BCUT2D eigenvalue weighted by atomic mass is 10.1. The molecule has 0 radical (unpaired) electrons. The van der Waals surface area contributed by atoms with Crippen molar-refractivity contribution in [1.29, 1.82) is 0 Å². The van der Waals surface area contributed by atoms with Gasteiger partial charge in [-0.1, -0.05) is 24.3 Å². The van der Waals surface area contributed by atoms with E-state index in [4.69, 9.17) is 0 Å². The molecule has 0 saturated heterocycles. The molecule has 0 saturated carbocycles. The summed E-state index contributed by atoms with van der Waals surface area (Å²) < 4.78 is 26.9. The molecule has 0 heterocycles. The van der Waals surface area contributed by atoms with E-state index in [0.717, 1.165) is 11.1 Å². The summed E-state index contributed by atoms with van der Waals surface area (Å²) in [6.07, 6.45) is 0. The van der Waals surface area contributed by atoms with Crippen LogP contribution in [0.2, 0.25) is 0 Å². The molecule has 0 spiro atoms. The number of nitrogens with one attached hydrogen (secondary N) is 1. The Morgan fingerprint density at radius 2 is 1.74 bits per heavy atom. The molecule has 100 valence electrons. The molecule has 4 nitrogen and oxygen atoms in total. The predicted octanol–water partition coefficient (Wildman–Crippen LogP) is 2.81. The van der Waals surface area contributed by atoms with Gasteiger partial charge in [-0.05, 0) is 43.2 Å². The average molecular weight is 277 g/mol. The quantitative estimate of drug-likeness (QED) is 0.906. The topological polar surface area (TPSA) is 66.4 Å². The second-order valence-corrected chi connectivity index (χ2v) is 6.04. The third kappa shape index (κ3) is 2.88. The summed E-state index contributed by atoms with van der Waals surface area (Å²) >= 11 is 0. The number of hydrogen-bond acceptors (Lipinski definition) is 3. The number of benzene rings is 2. The number of aryl methyl sites for hydroxylation is 2. The van der Waals surface area contributed by atoms with Crippen LogP contribution in [0, 0.1) is 13.8 Å². The fourth-order valence-corrected chi connectivity index (χ4v) is 2.95. The standard InChI is InChI=1S/C14H15NO3S/c1-10-7-8-11(2)12(9-10)15-19(17,18)14-6-4-3-5-13(14)16/h3-9,15-16H,1-2H3. The van der Waals surface area contributed by atoms with Gasteiger partial charge in [-0.2, -0.15) is 0 Å². The Balaban J connectivity index is 2.43. The zero-order chi connectivity index (χ0) is 14.0. The van der Waals surface area contributed by atoms with Crippen molar-refractivity contribution < 1.29 is 13.5 Å². The first-order valence-corrected chi connectivity index (χ1v) is 7.26. The van der Waals surface area contributed by atoms with E-state index in [9.17, 15) is 13.5 Å². The van der Waals surface area contributed by atoms with Crippen LogP contribution in [-0.4, -0.2) is 13.5 Å². The van der Waals surface area contributed by atoms with Crippen LogP contribution in [0.15, 0.2) is 47.4 Å². The zero-order valence-electron chi connectivity index (χ0n) is 10.7. The Morgan fingerprint density at radius 1 is 1.05 bits per heavy atom. The lowest BCUT2D eigenvalue weighted by molar-refractivity contribution is 0.459. The number of anilines is 1. The minimum atomic E-state index is -3.78. The SMILES string of the molecule is Cc1ccc(C)c(NS(=O)(=O)c2ccccc2O)c1. The van der Waals surface area contributed by atoms with E-state index in [2.05, 4.69) is 4.72 Å². The molecule has 0 aliphatic rings. The van der Waals surface area contributed by atoms with Crippen LogP contribution < -0.4 is 4.72 Å². The summed E-state index contributed by atoms with van der Waals surface area (Å²) in [7, 11) is -3.78. The van der Waals surface area contributed by atoms with Gasteiger partial charge in [-0.15, -0.1) is 0 Å². The summed E-state index contributed by atoms with van der Waals surface area (Å²) in [6, 6.07) is 11.4. The maximum Gasteiger partial charge on any atom is 0.265 e. The molecule has 19 heavy (non-hydrogen) atoms. The molecule has 0 fully saturated rings. The van der Waals surface area contributed by atoms with Crippen molar-refractivity contribution >= 4 is 15.7 Å². The van der Waals surface area contributed by atoms with Crippen molar-refractivity contribution in [2.24, 2.45) is 0 Å². The molecule has 2 aromatic rings. The maximum atomic E-state index is 12.2. The van der Waals surface area contributed by atoms with E-state index in [1.165, 1.54) is 12.1 Å². The molecular weight excluding hydrogens is 262 g/mol. The number of para-hydroxylation sites is 1. The maximum absolute atomic E-state index is 12.2. The van der Waals surface area contributed by atoms with Gasteiger partial charge in [0.2, 0.25) is 0 Å². The van der Waals surface area contributed by atoms with E-state index in [-0.39, 0.29) is 10.6 Å². The van der Waals surface area contributed by atoms with Gasteiger partial charge in [0.25, 0.3) is 10.0 Å². The number of phenols is 1. The second kappa shape index (κ2) is 4.93. The average Bonchev–Trinajstić information content (AvgIpc) is 2.34. The number of aromatic hydroxyl groups is 1. The van der Waals surface area contributed by atoms with Crippen LogP contribution in [0.1, 0.15) is 11.1 Å². The number of phenolic OH excluding ortho intramolecular Hbond substituents is 1. The van der Waals surface area contributed by atoms with Crippen molar-refractivity contribution in [3.8, 4) is 5.75 Å². The summed E-state index contributed by atoms with van der Waals surface area (Å²) in [6.45, 7) is 3.71. The molecule has 0 aromatic heterocycles. The molecule has 2 N–H and O–H groups in total. The summed E-state index contributed by atoms with van der Waals surface area (Å²) in [5.41, 5.74) is 2.30. The van der Waals surface area contributed by atoms with Crippen molar-refractivity contribution in [3.63, 3.8) is 0 Å². The first kappa shape index (κ1) is 13.4. The van der Waals surface area contributed by atoms with E-state index < -0.39 is 10.0 Å². The molecule has 0 atom stereocenters. The number of hydrogen-bond donors (Lipinski definition) is 2. The van der Waals surface area contributed by atoms with Crippen molar-refractivity contribution in [2.45, 2.75) is 18.7 Å². The predicted molar refractivity (Wildman–Crippen MR) is 74.8 cm³/mol. The van der Waals surface area contributed by atoms with E-state index in [1.54, 1.807) is 18.2 Å². The fraction of sp³-hybridized carbons (Fsp3) is 0.143. The Labute approximate surface area is 112 Å². The molecule has 0 unspecified atom stereocenters. The molecule has 0 bridgehead atoms. The van der Waals surface area contributed by atoms with Gasteiger partial charge in [0.1, 0.15) is 10.6 Å². The summed E-state index contributed by atoms with van der Waals surface area (Å²) in [4.78, 5) is -0.129. The van der Waals surface area contributed by atoms with Crippen LogP contribution in [0.4, 0.5) is 5.69 Å². The molecule has 0 aliphatic heterocycles. The Bertz CT molecular complexity index is 708. The van der Waals surface area contributed by atoms with Gasteiger partial charge < -0.3 is 5.11 Å². The molecule has 0 amide bonds. The summed E-state index contributed by atoms with van der Waals surface area (Å²) in [5, 5.41) is 9.63. The third-order valence-electron chi connectivity index (χ3n) is 2.79. The number of rotatable bonds is 3. The second-order valence-electron chi connectivity index (χ2n) is 4.39. The molecule has 0 aliphatic carbocycles. The lowest BCUT2D eigenvalue weighted by Gasteiger charge is -2.12. The Kier molecular flexibility index (Phi) is 3.48. The Morgan fingerprint density at radius 3 is 2.42 bits per heavy atom. The summed E-state index contributed by atoms with van der Waals surface area (Å²) in [5.74, 6) is -0.264. The van der Waals surface area contributed by atoms with Crippen LogP contribution in [0.25, 0.3) is 0 Å². The molecule has 5 heteroatoms. The fourth-order valence-electron chi connectivity index (χ4n) is 1.73. The van der Waals surface area contributed by atoms with Crippen LogP contribution in [-0.2, 0) is 10.0 Å². The minimum Gasteiger partial charge on any atom is -0.507 e. The first-order valence-electron chi connectivity index (χ1n) is 5.78. The largest absolute Gasteiger partial charge is 0.507 e. The normalized spacial score (nSPS) is 11.3. The lowest BCUT2D eigenvalue weighted by Crippen LogP contribution is -2.14. The van der Waals surface area contributed by atoms with Crippen LogP contribution in [0.3, 0.4) is 0 Å². The zero-order valence-corrected chi connectivity index (χ0v) is 11.5. The monoisotopic (exact) mass is 277 g/mol. The molecule has 2 aromatic carbocycles. The van der Waals surface area contributed by atoms with Crippen molar-refractivity contribution in [2.75, 3.05) is 4.72 Å². The van der Waals surface area contributed by atoms with E-state index in [1.807, 2.05) is 26.0 Å². The van der Waals surface area contributed by atoms with Crippen LogP contribution >= 0.6 is 0 Å². The highest BCUT2D eigenvalue weighted by molar-refractivity contribution is 7.92. The highest BCUT2D eigenvalue weighted by Crippen LogP contribution is 2.25. The molecular formula is C14H15NO3S. The van der Waals surface area contributed by atoms with Gasteiger partial charge >= 0.3 is 0 Å². The Hall–Kier alpha value is -2.01.